The zero-order chi connectivity index (χ0) is 19.7. The van der Waals surface area contributed by atoms with Gasteiger partial charge in [-0.3, -0.25) is 14.5 Å². The van der Waals surface area contributed by atoms with Crippen molar-refractivity contribution in [3.8, 4) is 0 Å². The van der Waals surface area contributed by atoms with Gasteiger partial charge < -0.3 is 19.9 Å². The lowest BCUT2D eigenvalue weighted by atomic mass is 10.0. The highest BCUT2D eigenvalue weighted by Gasteiger charge is 2.50. The molecule has 9 heteroatoms. The van der Waals surface area contributed by atoms with Crippen molar-refractivity contribution in [2.24, 2.45) is 5.92 Å². The molecule has 8 nitrogen and oxygen atoms in total. The average molecular weight is 393 g/mol. The van der Waals surface area contributed by atoms with E-state index in [9.17, 15) is 14.4 Å². The van der Waals surface area contributed by atoms with Gasteiger partial charge in [-0.05, 0) is 18.2 Å². The SMILES string of the molecule is COCCN1C(C(=O)Nc2ccccc2Cl)=CC2C(=O)N(C)C(=O)N(C)C21. The van der Waals surface area contributed by atoms with Gasteiger partial charge in [-0.2, -0.15) is 0 Å². The van der Waals surface area contributed by atoms with Gasteiger partial charge in [0.2, 0.25) is 5.91 Å². The Bertz CT molecular complexity index is 812. The quantitative estimate of drug-likeness (QED) is 0.822. The largest absolute Gasteiger partial charge is 0.383 e. The Morgan fingerprint density at radius 1 is 1.26 bits per heavy atom. The predicted octanol–water partition coefficient (Wildman–Crippen LogP) is 1.59. The number of benzene rings is 1. The fraction of sp³-hybridized carbons (Fsp3) is 0.389. The van der Waals surface area contributed by atoms with Crippen LogP contribution < -0.4 is 5.32 Å². The van der Waals surface area contributed by atoms with Gasteiger partial charge in [-0.25, -0.2) is 4.79 Å². The third-order valence-corrected chi connectivity index (χ3v) is 5.11. The molecule has 3 rings (SSSR count). The molecule has 0 radical (unpaired) electrons. The average Bonchev–Trinajstić information content (AvgIpc) is 3.04. The van der Waals surface area contributed by atoms with Crippen LogP contribution >= 0.6 is 11.6 Å². The number of nitrogens with one attached hydrogen (secondary N) is 1. The zero-order valence-electron chi connectivity index (χ0n) is 15.3. The maximum absolute atomic E-state index is 12.9. The number of imide groups is 1. The molecule has 0 aromatic heterocycles. The first kappa shape index (κ1) is 19.2. The van der Waals surface area contributed by atoms with Gasteiger partial charge in [0, 0.05) is 27.7 Å². The number of ether oxygens (including phenoxy) is 1. The Hall–Kier alpha value is -2.58. The molecule has 27 heavy (non-hydrogen) atoms. The van der Waals surface area contributed by atoms with Crippen molar-refractivity contribution < 1.29 is 19.1 Å². The van der Waals surface area contributed by atoms with Gasteiger partial charge >= 0.3 is 6.03 Å². The summed E-state index contributed by atoms with van der Waals surface area (Å²) in [6, 6.07) is 6.48. The van der Waals surface area contributed by atoms with Crippen molar-refractivity contribution in [2.45, 2.75) is 6.17 Å². The van der Waals surface area contributed by atoms with Gasteiger partial charge in [-0.15, -0.1) is 0 Å². The summed E-state index contributed by atoms with van der Waals surface area (Å²) in [6.45, 7) is 0.694. The van der Waals surface area contributed by atoms with Gasteiger partial charge in [-0.1, -0.05) is 23.7 Å². The monoisotopic (exact) mass is 392 g/mol. The number of anilines is 1. The molecule has 1 aromatic carbocycles. The van der Waals surface area contributed by atoms with E-state index in [0.717, 1.165) is 4.90 Å². The first-order chi connectivity index (χ1) is 12.9. The third kappa shape index (κ3) is 3.38. The second kappa shape index (κ2) is 7.58. The standard InChI is InChI=1S/C18H21ClN4O4/c1-21-16-11(17(25)22(2)18(21)26)10-14(23(16)8-9-27-3)15(24)20-13-7-5-4-6-12(13)19/h4-7,10-11,16H,8-9H2,1-3H3,(H,20,24). The van der Waals surface area contributed by atoms with E-state index in [0.29, 0.717) is 29.6 Å². The van der Waals surface area contributed by atoms with Crippen LogP contribution in [0.25, 0.3) is 0 Å². The summed E-state index contributed by atoms with van der Waals surface area (Å²) in [5, 5.41) is 3.18. The number of amides is 4. The molecule has 0 saturated carbocycles. The van der Waals surface area contributed by atoms with Gasteiger partial charge in [0.25, 0.3) is 5.91 Å². The summed E-state index contributed by atoms with van der Waals surface area (Å²) in [6.07, 6.45) is 1.04. The van der Waals surface area contributed by atoms with Gasteiger partial charge in [0.15, 0.2) is 0 Å². The van der Waals surface area contributed by atoms with E-state index in [4.69, 9.17) is 16.3 Å². The summed E-state index contributed by atoms with van der Waals surface area (Å²) in [5.74, 6) is -1.36. The summed E-state index contributed by atoms with van der Waals surface area (Å²) in [7, 11) is 4.60. The second-order valence-corrected chi connectivity index (χ2v) is 6.81. The van der Waals surface area contributed by atoms with E-state index in [2.05, 4.69) is 5.32 Å². The van der Waals surface area contributed by atoms with Gasteiger partial charge in [0.1, 0.15) is 11.9 Å². The lowest BCUT2D eigenvalue weighted by Crippen LogP contribution is -2.62. The van der Waals surface area contributed by atoms with E-state index >= 15 is 0 Å². The molecule has 1 N–H and O–H groups in total. The first-order valence-corrected chi connectivity index (χ1v) is 8.82. The van der Waals surface area contributed by atoms with Crippen molar-refractivity contribution in [2.75, 3.05) is 39.7 Å². The summed E-state index contributed by atoms with van der Waals surface area (Å²) in [5.41, 5.74) is 0.782. The second-order valence-electron chi connectivity index (χ2n) is 6.40. The Labute approximate surface area is 162 Å². The molecule has 2 heterocycles. The minimum Gasteiger partial charge on any atom is -0.383 e. The van der Waals surface area contributed by atoms with E-state index in [1.807, 2.05) is 0 Å². The normalized spacial score (nSPS) is 22.1. The van der Waals surface area contributed by atoms with Crippen LogP contribution in [0.1, 0.15) is 0 Å². The number of hydrogen-bond acceptors (Lipinski definition) is 5. The van der Waals surface area contributed by atoms with E-state index < -0.39 is 24.0 Å². The number of methoxy groups -OCH3 is 1. The van der Waals surface area contributed by atoms with Crippen LogP contribution in [0.5, 0.6) is 0 Å². The molecule has 0 bridgehead atoms. The number of nitrogens with zero attached hydrogens (tertiary/aromatic N) is 3. The number of urea groups is 1. The first-order valence-electron chi connectivity index (χ1n) is 8.44. The minimum absolute atomic E-state index is 0.310. The number of para-hydroxylation sites is 1. The third-order valence-electron chi connectivity index (χ3n) is 4.78. The molecule has 0 spiro atoms. The predicted molar refractivity (Wildman–Crippen MR) is 100.0 cm³/mol. The van der Waals surface area contributed by atoms with Crippen LogP contribution in [-0.2, 0) is 14.3 Å². The molecule has 2 atom stereocenters. The van der Waals surface area contributed by atoms with E-state index in [-0.39, 0.29) is 5.91 Å². The fourth-order valence-corrected chi connectivity index (χ4v) is 3.59. The molecule has 0 aliphatic carbocycles. The maximum atomic E-state index is 12.9. The zero-order valence-corrected chi connectivity index (χ0v) is 16.1. The Morgan fingerprint density at radius 3 is 2.63 bits per heavy atom. The van der Waals surface area contributed by atoms with E-state index in [1.54, 1.807) is 49.4 Å². The molecule has 1 saturated heterocycles. The van der Waals surface area contributed by atoms with Crippen LogP contribution in [0, 0.1) is 5.92 Å². The van der Waals surface area contributed by atoms with Crippen LogP contribution in [0.3, 0.4) is 0 Å². The van der Waals surface area contributed by atoms with Crippen LogP contribution in [-0.4, -0.2) is 73.1 Å². The number of halogens is 1. The van der Waals surface area contributed by atoms with Crippen LogP contribution in [0.4, 0.5) is 10.5 Å². The van der Waals surface area contributed by atoms with Crippen LogP contribution in [0.15, 0.2) is 36.0 Å². The molecular formula is C18H21ClN4O4. The molecule has 2 aliphatic rings. The van der Waals surface area contributed by atoms with Crippen molar-refractivity contribution in [3.63, 3.8) is 0 Å². The van der Waals surface area contributed by atoms with Gasteiger partial charge in [0.05, 0.1) is 23.2 Å². The molecule has 4 amide bonds. The Balaban J connectivity index is 1.92. The number of rotatable bonds is 5. The van der Waals surface area contributed by atoms with E-state index in [1.165, 1.54) is 11.9 Å². The summed E-state index contributed by atoms with van der Waals surface area (Å²) >= 11 is 6.12. The minimum atomic E-state index is -0.624. The van der Waals surface area contributed by atoms with Crippen LogP contribution in [0.2, 0.25) is 5.02 Å². The highest BCUT2D eigenvalue weighted by Crippen LogP contribution is 2.35. The topological polar surface area (TPSA) is 82.2 Å². The van der Waals surface area contributed by atoms with Crippen molar-refractivity contribution in [1.29, 1.82) is 0 Å². The molecule has 2 unspecified atom stereocenters. The van der Waals surface area contributed by atoms with Crippen molar-refractivity contribution in [3.05, 3.63) is 41.1 Å². The molecule has 144 valence electrons. The van der Waals surface area contributed by atoms with Crippen molar-refractivity contribution >= 4 is 35.1 Å². The maximum Gasteiger partial charge on any atom is 0.327 e. The Morgan fingerprint density at radius 2 is 1.96 bits per heavy atom. The molecular weight excluding hydrogens is 372 g/mol. The number of hydrogen-bond donors (Lipinski definition) is 1. The smallest absolute Gasteiger partial charge is 0.327 e. The summed E-state index contributed by atoms with van der Waals surface area (Å²) < 4.78 is 5.14. The fourth-order valence-electron chi connectivity index (χ4n) is 3.40. The lowest BCUT2D eigenvalue weighted by Gasteiger charge is -2.43. The molecule has 1 aromatic rings. The highest BCUT2D eigenvalue weighted by molar-refractivity contribution is 6.33. The molecule has 1 fully saturated rings. The number of carbonyl (C=O) groups is 3. The lowest BCUT2D eigenvalue weighted by molar-refractivity contribution is -0.137. The Kier molecular flexibility index (Phi) is 5.38. The molecule has 2 aliphatic heterocycles. The van der Waals surface area contributed by atoms with Crippen molar-refractivity contribution in [1.82, 2.24) is 14.7 Å². The number of carbonyl (C=O) groups excluding carboxylic acids is 3. The summed E-state index contributed by atoms with van der Waals surface area (Å²) in [4.78, 5) is 42.1. The number of fused-ring (bicyclic) bond motifs is 1. The highest BCUT2D eigenvalue weighted by atomic mass is 35.5.